The first-order valence-electron chi connectivity index (χ1n) is 9.65. The quantitative estimate of drug-likeness (QED) is 0.631. The highest BCUT2D eigenvalue weighted by Gasteiger charge is 2.39. The number of hydrogen-bond acceptors (Lipinski definition) is 3. The van der Waals surface area contributed by atoms with Crippen LogP contribution < -0.4 is 9.47 Å². The molecule has 3 rings (SSSR count). The van der Waals surface area contributed by atoms with Gasteiger partial charge in [0.05, 0.1) is 25.6 Å². The van der Waals surface area contributed by atoms with E-state index < -0.39 is 5.97 Å². The van der Waals surface area contributed by atoms with E-state index in [4.69, 9.17) is 14.6 Å². The van der Waals surface area contributed by atoms with Gasteiger partial charge < -0.3 is 14.6 Å². The summed E-state index contributed by atoms with van der Waals surface area (Å²) in [6, 6.07) is 17.5. The van der Waals surface area contributed by atoms with Gasteiger partial charge in [-0.1, -0.05) is 42.7 Å². The number of hydrogen-bond donors (Lipinski definition) is 1. The number of ether oxygens (including phenoxy) is 2. The topological polar surface area (TPSA) is 55.8 Å². The Balaban J connectivity index is 1.57. The van der Waals surface area contributed by atoms with Crippen molar-refractivity contribution in [2.24, 2.45) is 5.41 Å². The molecule has 0 aliphatic heterocycles. The normalized spacial score (nSPS) is 15.5. The second-order valence-corrected chi connectivity index (χ2v) is 7.36. The Kier molecular flexibility index (Phi) is 6.60. The van der Waals surface area contributed by atoms with Gasteiger partial charge in [-0.05, 0) is 49.6 Å². The number of carboxylic acid groups (broad SMARTS) is 1. The number of benzene rings is 2. The molecular formula is C24H26O4. The van der Waals surface area contributed by atoms with Gasteiger partial charge in [-0.15, -0.1) is 5.92 Å². The third-order valence-corrected chi connectivity index (χ3v) is 5.23. The molecule has 0 bridgehead atoms. The highest BCUT2D eigenvalue weighted by Crippen LogP contribution is 2.41. The Morgan fingerprint density at radius 1 is 1.04 bits per heavy atom. The Morgan fingerprint density at radius 3 is 2.14 bits per heavy atom. The molecule has 0 aromatic heterocycles. The van der Waals surface area contributed by atoms with E-state index >= 15 is 0 Å². The molecule has 28 heavy (non-hydrogen) atoms. The highest BCUT2D eigenvalue weighted by atomic mass is 16.5. The van der Waals surface area contributed by atoms with Crippen LogP contribution in [-0.2, 0) is 4.79 Å². The lowest BCUT2D eigenvalue weighted by Crippen LogP contribution is -2.41. The van der Waals surface area contributed by atoms with E-state index in [0.717, 1.165) is 29.9 Å². The Hall–Kier alpha value is -2.93. The fourth-order valence-corrected chi connectivity index (χ4v) is 3.39. The van der Waals surface area contributed by atoms with E-state index in [0.29, 0.717) is 13.2 Å². The molecule has 0 spiro atoms. The van der Waals surface area contributed by atoms with E-state index in [1.807, 2.05) is 54.6 Å². The number of carbonyl (C=O) groups is 1. The van der Waals surface area contributed by atoms with E-state index in [9.17, 15) is 4.79 Å². The zero-order chi connectivity index (χ0) is 19.8. The average Bonchev–Trinajstić information content (AvgIpc) is 2.67. The summed E-state index contributed by atoms with van der Waals surface area (Å²) in [5.41, 5.74) is 0.962. The fourth-order valence-electron chi connectivity index (χ4n) is 3.39. The van der Waals surface area contributed by atoms with Crippen molar-refractivity contribution in [3.8, 4) is 23.3 Å². The van der Waals surface area contributed by atoms with E-state index in [-0.39, 0.29) is 17.8 Å². The first-order chi connectivity index (χ1) is 13.6. The molecule has 0 radical (unpaired) electrons. The Bertz CT molecular complexity index is 826. The van der Waals surface area contributed by atoms with Gasteiger partial charge in [0, 0.05) is 5.41 Å². The second-order valence-electron chi connectivity index (χ2n) is 7.36. The molecule has 1 saturated carbocycles. The predicted octanol–water partition coefficient (Wildman–Crippen LogP) is 4.90. The SMILES string of the molecule is CC#CC(CC(=O)O)c1ccc(OCC2(COc3ccccc3)CCC2)cc1. The van der Waals surface area contributed by atoms with Gasteiger partial charge in [-0.25, -0.2) is 0 Å². The summed E-state index contributed by atoms with van der Waals surface area (Å²) < 4.78 is 12.0. The molecule has 4 heteroatoms. The third kappa shape index (κ3) is 5.29. The summed E-state index contributed by atoms with van der Waals surface area (Å²) in [5, 5.41) is 9.06. The van der Waals surface area contributed by atoms with Crippen LogP contribution in [0.25, 0.3) is 0 Å². The summed E-state index contributed by atoms with van der Waals surface area (Å²) >= 11 is 0. The molecule has 146 valence electrons. The zero-order valence-corrected chi connectivity index (χ0v) is 16.2. The van der Waals surface area contributed by atoms with Crippen molar-refractivity contribution in [3.05, 3.63) is 60.2 Å². The lowest BCUT2D eigenvalue weighted by Gasteiger charge is -2.41. The maximum Gasteiger partial charge on any atom is 0.304 e. The third-order valence-electron chi connectivity index (χ3n) is 5.23. The molecule has 2 aromatic carbocycles. The van der Waals surface area contributed by atoms with Crippen LogP contribution in [0.15, 0.2) is 54.6 Å². The number of carboxylic acids is 1. The highest BCUT2D eigenvalue weighted by molar-refractivity contribution is 5.69. The standard InChI is InChI=1S/C24H26O4/c1-2-7-20(16-23(25)26)19-10-12-22(13-11-19)28-18-24(14-6-15-24)17-27-21-8-4-3-5-9-21/h3-5,8-13,20H,6,14-18H2,1H3,(H,25,26). The van der Waals surface area contributed by atoms with Gasteiger partial charge in [-0.2, -0.15) is 0 Å². The molecule has 1 aliphatic rings. The molecule has 1 fully saturated rings. The van der Waals surface area contributed by atoms with Crippen molar-refractivity contribution >= 4 is 5.97 Å². The molecule has 2 aromatic rings. The molecule has 1 unspecified atom stereocenters. The number of aliphatic carboxylic acids is 1. The summed E-state index contributed by atoms with van der Waals surface area (Å²) in [7, 11) is 0. The van der Waals surface area contributed by atoms with Crippen molar-refractivity contribution in [3.63, 3.8) is 0 Å². The minimum atomic E-state index is -0.849. The molecule has 0 amide bonds. The average molecular weight is 378 g/mol. The summed E-state index contributed by atoms with van der Waals surface area (Å²) in [5.74, 6) is 6.31. The minimum Gasteiger partial charge on any atom is -0.493 e. The largest absolute Gasteiger partial charge is 0.493 e. The lowest BCUT2D eigenvalue weighted by molar-refractivity contribution is -0.137. The lowest BCUT2D eigenvalue weighted by atomic mass is 9.70. The minimum absolute atomic E-state index is 0.000972. The first kappa shape index (κ1) is 19.8. The molecule has 0 saturated heterocycles. The van der Waals surface area contributed by atoms with Crippen molar-refractivity contribution in [2.45, 2.75) is 38.5 Å². The zero-order valence-electron chi connectivity index (χ0n) is 16.2. The van der Waals surface area contributed by atoms with E-state index in [2.05, 4.69) is 11.8 Å². The van der Waals surface area contributed by atoms with Crippen LogP contribution >= 0.6 is 0 Å². The van der Waals surface area contributed by atoms with Crippen molar-refractivity contribution in [2.75, 3.05) is 13.2 Å². The first-order valence-corrected chi connectivity index (χ1v) is 9.65. The van der Waals surface area contributed by atoms with Gasteiger partial charge in [0.1, 0.15) is 11.5 Å². The Morgan fingerprint density at radius 2 is 1.64 bits per heavy atom. The molecule has 4 nitrogen and oxygen atoms in total. The summed E-state index contributed by atoms with van der Waals surface area (Å²) in [6.45, 7) is 3.00. The van der Waals surface area contributed by atoms with Crippen LogP contribution in [0.5, 0.6) is 11.5 Å². The monoisotopic (exact) mass is 378 g/mol. The summed E-state index contributed by atoms with van der Waals surface area (Å²) in [4.78, 5) is 11.0. The smallest absolute Gasteiger partial charge is 0.304 e. The predicted molar refractivity (Wildman–Crippen MR) is 109 cm³/mol. The maximum absolute atomic E-state index is 11.0. The van der Waals surface area contributed by atoms with Crippen LogP contribution in [0, 0.1) is 17.3 Å². The maximum atomic E-state index is 11.0. The van der Waals surface area contributed by atoms with Gasteiger partial charge in [0.25, 0.3) is 0 Å². The van der Waals surface area contributed by atoms with Crippen LogP contribution in [0.2, 0.25) is 0 Å². The molecule has 1 atom stereocenters. The van der Waals surface area contributed by atoms with E-state index in [1.165, 1.54) is 6.42 Å². The van der Waals surface area contributed by atoms with Gasteiger partial charge in [-0.3, -0.25) is 4.79 Å². The van der Waals surface area contributed by atoms with Crippen LogP contribution in [0.4, 0.5) is 0 Å². The van der Waals surface area contributed by atoms with Crippen LogP contribution in [0.3, 0.4) is 0 Å². The Labute approximate surface area is 166 Å². The molecule has 1 aliphatic carbocycles. The molecule has 1 N–H and O–H groups in total. The van der Waals surface area contributed by atoms with Crippen LogP contribution in [0.1, 0.15) is 44.1 Å². The van der Waals surface area contributed by atoms with Gasteiger partial charge in [0.2, 0.25) is 0 Å². The van der Waals surface area contributed by atoms with Crippen molar-refractivity contribution in [1.29, 1.82) is 0 Å². The van der Waals surface area contributed by atoms with Crippen molar-refractivity contribution in [1.82, 2.24) is 0 Å². The molecular weight excluding hydrogens is 352 g/mol. The number of rotatable bonds is 9. The van der Waals surface area contributed by atoms with Gasteiger partial charge >= 0.3 is 5.97 Å². The van der Waals surface area contributed by atoms with Gasteiger partial charge in [0.15, 0.2) is 0 Å². The summed E-state index contributed by atoms with van der Waals surface area (Å²) in [6.07, 6.45) is 3.41. The molecule has 0 heterocycles. The van der Waals surface area contributed by atoms with E-state index in [1.54, 1.807) is 6.92 Å². The van der Waals surface area contributed by atoms with Crippen molar-refractivity contribution < 1.29 is 19.4 Å². The number of para-hydroxylation sites is 1. The van der Waals surface area contributed by atoms with Crippen LogP contribution in [-0.4, -0.2) is 24.3 Å². The fraction of sp³-hybridized carbons (Fsp3) is 0.375. The second kappa shape index (κ2) is 9.32.